The predicted octanol–water partition coefficient (Wildman–Crippen LogP) is 6.36. The van der Waals surface area contributed by atoms with E-state index in [1.54, 1.807) is 24.3 Å². The molecule has 6 nitrogen and oxygen atoms in total. The number of fused-ring (bicyclic) bond motifs is 3. The third kappa shape index (κ3) is 7.15. The minimum absolute atomic E-state index is 0.0366. The summed E-state index contributed by atoms with van der Waals surface area (Å²) in [4.78, 5) is 12.4. The lowest BCUT2D eigenvalue weighted by Crippen LogP contribution is -2.36. The van der Waals surface area contributed by atoms with Crippen LogP contribution in [0.3, 0.4) is 0 Å². The van der Waals surface area contributed by atoms with Crippen molar-refractivity contribution >= 4 is 6.09 Å². The number of aliphatic hydroxyl groups is 2. The Morgan fingerprint density at radius 1 is 0.842 bits per heavy atom. The number of ether oxygens (including phenoxy) is 2. The SMILES string of the molecule is CCCCCCCCOc1ccc(C(O)C(O)CNC(=O)OCC2c3ccccc3-c3ccccc32)cc1. The largest absolute Gasteiger partial charge is 0.494 e. The third-order valence-electron chi connectivity index (χ3n) is 7.15. The molecule has 3 N–H and O–H groups in total. The molecule has 0 aromatic heterocycles. The van der Waals surface area contributed by atoms with E-state index in [-0.39, 0.29) is 19.1 Å². The number of hydrogen-bond donors (Lipinski definition) is 3. The first-order valence-corrected chi connectivity index (χ1v) is 13.8. The van der Waals surface area contributed by atoms with Gasteiger partial charge in [0, 0.05) is 12.5 Å². The van der Waals surface area contributed by atoms with Crippen molar-refractivity contribution in [1.29, 1.82) is 0 Å². The van der Waals surface area contributed by atoms with Gasteiger partial charge in [-0.15, -0.1) is 0 Å². The summed E-state index contributed by atoms with van der Waals surface area (Å²) in [5.41, 5.74) is 5.15. The second-order valence-corrected chi connectivity index (χ2v) is 9.90. The van der Waals surface area contributed by atoms with E-state index in [9.17, 15) is 15.0 Å². The van der Waals surface area contributed by atoms with Crippen molar-refractivity contribution in [1.82, 2.24) is 5.32 Å². The van der Waals surface area contributed by atoms with Gasteiger partial charge in [0.15, 0.2) is 0 Å². The van der Waals surface area contributed by atoms with Crippen LogP contribution >= 0.6 is 0 Å². The smallest absolute Gasteiger partial charge is 0.407 e. The minimum Gasteiger partial charge on any atom is -0.494 e. The molecular formula is C32H39NO5. The van der Waals surface area contributed by atoms with E-state index in [0.717, 1.165) is 34.4 Å². The standard InChI is InChI=1S/C32H39NO5/c1-2-3-4-5-6-11-20-37-24-18-16-23(17-19-24)31(35)30(34)21-33-32(36)38-22-29-27-14-9-7-12-25(27)26-13-8-10-15-28(26)29/h7-10,12-19,29-31,34-35H,2-6,11,20-22H2,1H3,(H,33,36). The molecule has 0 spiro atoms. The molecule has 6 heteroatoms. The van der Waals surface area contributed by atoms with Gasteiger partial charge in [0.25, 0.3) is 0 Å². The number of carbonyl (C=O) groups is 1. The zero-order chi connectivity index (χ0) is 26.7. The summed E-state index contributed by atoms with van der Waals surface area (Å²) in [6, 6.07) is 23.3. The number of benzene rings is 3. The van der Waals surface area contributed by atoms with Crippen LogP contribution in [0.2, 0.25) is 0 Å². The van der Waals surface area contributed by atoms with E-state index >= 15 is 0 Å². The van der Waals surface area contributed by atoms with Crippen molar-refractivity contribution < 1.29 is 24.5 Å². The summed E-state index contributed by atoms with van der Waals surface area (Å²) in [6.45, 7) is 2.94. The number of aliphatic hydroxyl groups excluding tert-OH is 2. The van der Waals surface area contributed by atoms with E-state index in [0.29, 0.717) is 12.2 Å². The first-order valence-electron chi connectivity index (χ1n) is 13.8. The molecule has 1 aliphatic carbocycles. The maximum atomic E-state index is 12.4. The Balaban J connectivity index is 1.19. The lowest BCUT2D eigenvalue weighted by molar-refractivity contribution is 0.0185. The van der Waals surface area contributed by atoms with Crippen molar-refractivity contribution in [2.24, 2.45) is 0 Å². The number of rotatable bonds is 14. The Morgan fingerprint density at radius 2 is 1.45 bits per heavy atom. The number of carbonyl (C=O) groups excluding carboxylic acids is 1. The predicted molar refractivity (Wildman–Crippen MR) is 149 cm³/mol. The van der Waals surface area contributed by atoms with Gasteiger partial charge in [-0.25, -0.2) is 4.79 Å². The van der Waals surface area contributed by atoms with Crippen LogP contribution in [0.25, 0.3) is 11.1 Å². The molecule has 38 heavy (non-hydrogen) atoms. The van der Waals surface area contributed by atoms with Gasteiger partial charge in [0.2, 0.25) is 0 Å². The third-order valence-corrected chi connectivity index (χ3v) is 7.15. The fraction of sp³-hybridized carbons (Fsp3) is 0.406. The highest BCUT2D eigenvalue weighted by atomic mass is 16.5. The molecule has 4 rings (SSSR count). The Morgan fingerprint density at radius 3 is 2.11 bits per heavy atom. The van der Waals surface area contributed by atoms with Gasteiger partial charge in [-0.2, -0.15) is 0 Å². The Labute approximate surface area is 225 Å². The van der Waals surface area contributed by atoms with Crippen LogP contribution in [-0.2, 0) is 4.74 Å². The summed E-state index contributed by atoms with van der Waals surface area (Å²) < 4.78 is 11.3. The average molecular weight is 518 g/mol. The molecule has 2 unspecified atom stereocenters. The zero-order valence-electron chi connectivity index (χ0n) is 22.1. The highest BCUT2D eigenvalue weighted by Gasteiger charge is 2.29. The van der Waals surface area contributed by atoms with Crippen LogP contribution in [0.4, 0.5) is 4.79 Å². The van der Waals surface area contributed by atoms with Crippen LogP contribution in [0.5, 0.6) is 5.75 Å². The molecule has 3 aromatic carbocycles. The fourth-order valence-electron chi connectivity index (χ4n) is 5.00. The van der Waals surface area contributed by atoms with Gasteiger partial charge in [-0.3, -0.25) is 0 Å². The van der Waals surface area contributed by atoms with Crippen molar-refractivity contribution in [3.8, 4) is 16.9 Å². The molecule has 0 aliphatic heterocycles. The molecule has 202 valence electrons. The van der Waals surface area contributed by atoms with Crippen molar-refractivity contribution in [2.75, 3.05) is 19.8 Å². The molecule has 0 saturated carbocycles. The van der Waals surface area contributed by atoms with Gasteiger partial charge in [-0.1, -0.05) is 99.7 Å². The van der Waals surface area contributed by atoms with Gasteiger partial charge in [0.1, 0.15) is 24.6 Å². The van der Waals surface area contributed by atoms with Gasteiger partial charge < -0.3 is 25.0 Å². The average Bonchev–Trinajstić information content (AvgIpc) is 3.28. The summed E-state index contributed by atoms with van der Waals surface area (Å²) in [7, 11) is 0. The number of nitrogens with one attached hydrogen (secondary N) is 1. The van der Waals surface area contributed by atoms with E-state index in [2.05, 4.69) is 36.5 Å². The highest BCUT2D eigenvalue weighted by Crippen LogP contribution is 2.44. The molecular weight excluding hydrogens is 478 g/mol. The van der Waals surface area contributed by atoms with Gasteiger partial charge >= 0.3 is 6.09 Å². The van der Waals surface area contributed by atoms with Crippen molar-refractivity contribution in [3.63, 3.8) is 0 Å². The number of unbranched alkanes of at least 4 members (excludes halogenated alkanes) is 5. The first-order chi connectivity index (χ1) is 18.6. The maximum Gasteiger partial charge on any atom is 0.407 e. The fourth-order valence-corrected chi connectivity index (χ4v) is 5.00. The van der Waals surface area contributed by atoms with Crippen molar-refractivity contribution in [3.05, 3.63) is 89.5 Å². The molecule has 0 saturated heterocycles. The number of amides is 1. The normalized spacial score (nSPS) is 13.9. The summed E-state index contributed by atoms with van der Waals surface area (Å²) in [6.07, 6.45) is 4.30. The van der Waals surface area contributed by atoms with E-state index < -0.39 is 18.3 Å². The summed E-state index contributed by atoms with van der Waals surface area (Å²) in [5, 5.41) is 23.6. The second kappa shape index (κ2) is 14.0. The number of alkyl carbamates (subject to hydrolysis) is 1. The van der Waals surface area contributed by atoms with Crippen LogP contribution in [0, 0.1) is 0 Å². The Hall–Kier alpha value is -3.35. The molecule has 3 aromatic rings. The lowest BCUT2D eigenvalue weighted by atomic mass is 9.98. The quantitative estimate of drug-likeness (QED) is 0.217. The highest BCUT2D eigenvalue weighted by molar-refractivity contribution is 5.79. The molecule has 1 aliphatic rings. The number of hydrogen-bond acceptors (Lipinski definition) is 5. The molecule has 0 bridgehead atoms. The molecule has 2 atom stereocenters. The van der Waals surface area contributed by atoms with E-state index in [1.165, 1.54) is 32.1 Å². The zero-order valence-corrected chi connectivity index (χ0v) is 22.1. The van der Waals surface area contributed by atoms with E-state index in [1.807, 2.05) is 24.3 Å². The van der Waals surface area contributed by atoms with Crippen LogP contribution in [0.1, 0.15) is 74.2 Å². The monoisotopic (exact) mass is 517 g/mol. The molecule has 0 heterocycles. The molecule has 1 amide bonds. The minimum atomic E-state index is -1.18. The maximum absolute atomic E-state index is 12.4. The summed E-state index contributed by atoms with van der Waals surface area (Å²) >= 11 is 0. The Kier molecular flexibility index (Phi) is 10.2. The van der Waals surface area contributed by atoms with Crippen LogP contribution < -0.4 is 10.1 Å². The second-order valence-electron chi connectivity index (χ2n) is 9.90. The molecule has 0 radical (unpaired) electrons. The lowest BCUT2D eigenvalue weighted by Gasteiger charge is -2.19. The van der Waals surface area contributed by atoms with Crippen LogP contribution in [0.15, 0.2) is 72.8 Å². The van der Waals surface area contributed by atoms with Crippen molar-refractivity contribution in [2.45, 2.75) is 63.6 Å². The van der Waals surface area contributed by atoms with Crippen LogP contribution in [-0.4, -0.2) is 42.2 Å². The summed E-state index contributed by atoms with van der Waals surface area (Å²) in [5.74, 6) is 0.700. The van der Waals surface area contributed by atoms with Gasteiger partial charge in [-0.05, 0) is 46.4 Å². The van der Waals surface area contributed by atoms with E-state index in [4.69, 9.17) is 9.47 Å². The topological polar surface area (TPSA) is 88.0 Å². The molecule has 0 fully saturated rings. The Bertz CT molecular complexity index is 1120. The van der Waals surface area contributed by atoms with Gasteiger partial charge in [0.05, 0.1) is 6.61 Å². The first kappa shape index (κ1) is 27.7.